The molecule has 1 fully saturated rings. The van der Waals surface area contributed by atoms with Crippen molar-refractivity contribution >= 4 is 40.6 Å². The number of thioether (sulfide) groups is 1. The minimum Gasteiger partial charge on any atom is -0.490 e. The summed E-state index contributed by atoms with van der Waals surface area (Å²) in [6.45, 7) is 6.50. The molecule has 1 heterocycles. The predicted molar refractivity (Wildman–Crippen MR) is 126 cm³/mol. The molecule has 33 heavy (non-hydrogen) atoms. The normalized spacial score (nSPS) is 14.8. The van der Waals surface area contributed by atoms with E-state index in [1.807, 2.05) is 20.8 Å². The molecule has 0 spiro atoms. The number of nitrogens with one attached hydrogen (secondary N) is 1. The first-order valence-corrected chi connectivity index (χ1v) is 11.3. The van der Waals surface area contributed by atoms with E-state index in [-0.39, 0.29) is 4.91 Å². The summed E-state index contributed by atoms with van der Waals surface area (Å²) in [5.74, 6) is -0.0482. The Morgan fingerprint density at radius 3 is 2.52 bits per heavy atom. The third-order valence-electron chi connectivity index (χ3n) is 4.44. The van der Waals surface area contributed by atoms with Gasteiger partial charge in [0, 0.05) is 5.69 Å². The first-order chi connectivity index (χ1) is 15.8. The van der Waals surface area contributed by atoms with Crippen LogP contribution in [0.3, 0.4) is 0 Å². The second-order valence-electron chi connectivity index (χ2n) is 7.67. The zero-order valence-electron chi connectivity index (χ0n) is 18.6. The minimum absolute atomic E-state index is 0.202. The van der Waals surface area contributed by atoms with Gasteiger partial charge in [-0.1, -0.05) is 19.9 Å². The van der Waals surface area contributed by atoms with E-state index >= 15 is 0 Å². The zero-order valence-corrected chi connectivity index (χ0v) is 19.4. The fourth-order valence-electron chi connectivity index (χ4n) is 2.92. The van der Waals surface area contributed by atoms with Crippen LogP contribution in [0.4, 0.5) is 14.9 Å². The van der Waals surface area contributed by atoms with E-state index in [0.29, 0.717) is 41.9 Å². The van der Waals surface area contributed by atoms with Gasteiger partial charge in [0.25, 0.3) is 11.1 Å². The van der Waals surface area contributed by atoms with Crippen molar-refractivity contribution in [2.45, 2.75) is 20.8 Å². The Morgan fingerprint density at radius 1 is 1.12 bits per heavy atom. The molecular weight excluding hydrogens is 447 g/mol. The van der Waals surface area contributed by atoms with Gasteiger partial charge in [0.05, 0.1) is 18.1 Å². The summed E-state index contributed by atoms with van der Waals surface area (Å²) in [6.07, 6.45) is 1.58. The molecule has 9 heteroatoms. The summed E-state index contributed by atoms with van der Waals surface area (Å²) in [4.78, 5) is 38.4. The Morgan fingerprint density at radius 2 is 1.85 bits per heavy atom. The maximum Gasteiger partial charge on any atom is 0.294 e. The second kappa shape index (κ2) is 11.0. The van der Waals surface area contributed by atoms with Crippen LogP contribution in [-0.2, 0) is 9.59 Å². The van der Waals surface area contributed by atoms with Crippen molar-refractivity contribution in [3.8, 4) is 11.5 Å². The summed E-state index contributed by atoms with van der Waals surface area (Å²) in [6, 6.07) is 10.5. The molecule has 0 bridgehead atoms. The SMILES string of the molecule is CCOc1cc(C=C2SC(=O)N(CC(=O)Nc3ccc(F)cc3)C2=O)ccc1OCC(C)C. The van der Waals surface area contributed by atoms with E-state index < -0.39 is 29.4 Å². The van der Waals surface area contributed by atoms with Crippen molar-refractivity contribution in [3.05, 3.63) is 58.8 Å². The number of anilines is 1. The highest BCUT2D eigenvalue weighted by Crippen LogP contribution is 2.34. The van der Waals surface area contributed by atoms with Gasteiger partial charge in [-0.05, 0) is 72.6 Å². The second-order valence-corrected chi connectivity index (χ2v) is 8.66. The van der Waals surface area contributed by atoms with Crippen molar-refractivity contribution in [3.63, 3.8) is 0 Å². The number of benzene rings is 2. The van der Waals surface area contributed by atoms with E-state index in [0.717, 1.165) is 16.7 Å². The van der Waals surface area contributed by atoms with E-state index in [1.165, 1.54) is 24.3 Å². The van der Waals surface area contributed by atoms with Crippen LogP contribution in [0.25, 0.3) is 6.08 Å². The summed E-state index contributed by atoms with van der Waals surface area (Å²) < 4.78 is 24.4. The molecule has 0 atom stereocenters. The highest BCUT2D eigenvalue weighted by Gasteiger charge is 2.36. The van der Waals surface area contributed by atoms with Crippen molar-refractivity contribution in [1.29, 1.82) is 0 Å². The van der Waals surface area contributed by atoms with E-state index in [2.05, 4.69) is 5.32 Å². The van der Waals surface area contributed by atoms with Crippen molar-refractivity contribution in [1.82, 2.24) is 4.90 Å². The number of imide groups is 1. The van der Waals surface area contributed by atoms with Gasteiger partial charge in [0.15, 0.2) is 11.5 Å². The van der Waals surface area contributed by atoms with E-state index in [1.54, 1.807) is 24.3 Å². The van der Waals surface area contributed by atoms with Crippen LogP contribution in [0.15, 0.2) is 47.4 Å². The molecule has 1 aliphatic heterocycles. The van der Waals surface area contributed by atoms with Gasteiger partial charge in [0.1, 0.15) is 12.4 Å². The average Bonchev–Trinajstić information content (AvgIpc) is 3.02. The van der Waals surface area contributed by atoms with Gasteiger partial charge in [-0.25, -0.2) is 4.39 Å². The molecule has 0 aliphatic carbocycles. The minimum atomic E-state index is -0.560. The third-order valence-corrected chi connectivity index (χ3v) is 5.35. The number of hydrogen-bond donors (Lipinski definition) is 1. The largest absolute Gasteiger partial charge is 0.490 e. The van der Waals surface area contributed by atoms with Gasteiger partial charge in [-0.3, -0.25) is 19.3 Å². The summed E-state index contributed by atoms with van der Waals surface area (Å²) in [5.41, 5.74) is 1.03. The topological polar surface area (TPSA) is 84.9 Å². The van der Waals surface area contributed by atoms with Gasteiger partial charge in [0.2, 0.25) is 5.91 Å². The quantitative estimate of drug-likeness (QED) is 0.521. The lowest BCUT2D eigenvalue weighted by molar-refractivity contribution is -0.127. The van der Waals surface area contributed by atoms with Gasteiger partial charge >= 0.3 is 0 Å². The lowest BCUT2D eigenvalue weighted by Crippen LogP contribution is -2.36. The highest BCUT2D eigenvalue weighted by molar-refractivity contribution is 8.18. The molecule has 1 aliphatic rings. The standard InChI is InChI=1S/C24H25FN2O5S/c1-4-31-20-11-16(5-10-19(20)32-14-15(2)3)12-21-23(29)27(24(30)33-21)13-22(28)26-18-8-6-17(25)7-9-18/h5-12,15H,4,13-14H2,1-3H3,(H,26,28). The Hall–Kier alpha value is -3.33. The molecule has 3 amide bonds. The fraction of sp³-hybridized carbons (Fsp3) is 0.292. The van der Waals surface area contributed by atoms with E-state index in [4.69, 9.17) is 9.47 Å². The fourth-order valence-corrected chi connectivity index (χ4v) is 3.76. The zero-order chi connectivity index (χ0) is 24.0. The molecule has 2 aromatic rings. The van der Waals surface area contributed by atoms with Crippen LogP contribution in [0.1, 0.15) is 26.3 Å². The highest BCUT2D eigenvalue weighted by atomic mass is 32.2. The molecule has 0 aromatic heterocycles. The molecule has 174 valence electrons. The van der Waals surface area contributed by atoms with Crippen LogP contribution >= 0.6 is 11.8 Å². The van der Waals surface area contributed by atoms with Crippen LogP contribution in [0.5, 0.6) is 11.5 Å². The maximum atomic E-state index is 13.0. The molecule has 0 saturated carbocycles. The lowest BCUT2D eigenvalue weighted by atomic mass is 10.1. The number of rotatable bonds is 9. The van der Waals surface area contributed by atoms with Crippen LogP contribution in [0.2, 0.25) is 0 Å². The number of ether oxygens (including phenoxy) is 2. The smallest absolute Gasteiger partial charge is 0.294 e. The lowest BCUT2D eigenvalue weighted by Gasteiger charge is -2.14. The molecule has 7 nitrogen and oxygen atoms in total. The Labute approximate surface area is 195 Å². The molecule has 0 radical (unpaired) electrons. The van der Waals surface area contributed by atoms with Crippen LogP contribution < -0.4 is 14.8 Å². The summed E-state index contributed by atoms with van der Waals surface area (Å²) in [7, 11) is 0. The Kier molecular flexibility index (Phi) is 8.11. The Bertz CT molecular complexity index is 1070. The summed E-state index contributed by atoms with van der Waals surface area (Å²) in [5, 5.41) is 2.00. The first-order valence-electron chi connectivity index (χ1n) is 10.5. The molecule has 1 N–H and O–H groups in total. The van der Waals surface area contributed by atoms with Gasteiger partial charge in [-0.15, -0.1) is 0 Å². The van der Waals surface area contributed by atoms with Crippen molar-refractivity contribution in [2.75, 3.05) is 25.1 Å². The molecular formula is C24H25FN2O5S. The number of carbonyl (C=O) groups excluding carboxylic acids is 3. The number of carbonyl (C=O) groups is 3. The van der Waals surface area contributed by atoms with Gasteiger partial charge in [-0.2, -0.15) is 0 Å². The van der Waals surface area contributed by atoms with Crippen LogP contribution in [0, 0.1) is 11.7 Å². The molecule has 3 rings (SSSR count). The van der Waals surface area contributed by atoms with Gasteiger partial charge < -0.3 is 14.8 Å². The average molecular weight is 473 g/mol. The first kappa shape index (κ1) is 24.3. The number of halogens is 1. The third kappa shape index (κ3) is 6.58. The van der Waals surface area contributed by atoms with Crippen molar-refractivity contribution < 1.29 is 28.2 Å². The molecule has 2 aromatic carbocycles. The Balaban J connectivity index is 1.71. The molecule has 0 unspecified atom stereocenters. The molecule has 1 saturated heterocycles. The number of amides is 3. The van der Waals surface area contributed by atoms with Crippen LogP contribution in [-0.4, -0.2) is 41.7 Å². The monoisotopic (exact) mass is 472 g/mol. The van der Waals surface area contributed by atoms with E-state index in [9.17, 15) is 18.8 Å². The number of hydrogen-bond acceptors (Lipinski definition) is 6. The number of nitrogens with zero attached hydrogens (tertiary/aromatic N) is 1. The predicted octanol–water partition coefficient (Wildman–Crippen LogP) is 4.93. The van der Waals surface area contributed by atoms with Crippen molar-refractivity contribution in [2.24, 2.45) is 5.92 Å². The summed E-state index contributed by atoms with van der Waals surface area (Å²) >= 11 is 0.761. The maximum absolute atomic E-state index is 13.0.